The minimum Gasteiger partial charge on any atom is -0.273 e. The lowest BCUT2D eigenvalue weighted by Gasteiger charge is -2.22. The number of nitrogens with zero attached hydrogens (tertiary/aromatic N) is 1. The lowest BCUT2D eigenvalue weighted by Crippen LogP contribution is -2.34. The summed E-state index contributed by atoms with van der Waals surface area (Å²) in [7, 11) is 0. The summed E-state index contributed by atoms with van der Waals surface area (Å²) in [5, 5.41) is 0. The summed E-state index contributed by atoms with van der Waals surface area (Å²) in [5.41, 5.74) is 2.51. The molecule has 0 saturated heterocycles. The maximum atomic E-state index is 4.89. The van der Waals surface area contributed by atoms with Gasteiger partial charge in [0.15, 0.2) is 0 Å². The van der Waals surface area contributed by atoms with E-state index in [1.165, 1.54) is 0 Å². The van der Waals surface area contributed by atoms with E-state index in [0.29, 0.717) is 6.61 Å². The highest BCUT2D eigenvalue weighted by Crippen LogP contribution is 2.08. The molecule has 0 unspecified atom stereocenters. The highest BCUT2D eigenvalue weighted by atomic mass is 16.6. The standard InChI is InChI=1S/C5H10N2O/c1-5(2)3-8-7-4-6-5/h4H,3H2,1-2H3,(H,6,7). The minimum atomic E-state index is -0.0365. The first kappa shape index (κ1) is 5.56. The van der Waals surface area contributed by atoms with Gasteiger partial charge in [-0.15, -0.1) is 0 Å². The summed E-state index contributed by atoms with van der Waals surface area (Å²) >= 11 is 0. The molecule has 1 heterocycles. The van der Waals surface area contributed by atoms with Gasteiger partial charge in [0.1, 0.15) is 6.34 Å². The van der Waals surface area contributed by atoms with E-state index in [4.69, 9.17) is 4.84 Å². The molecule has 1 aliphatic heterocycles. The first-order chi connectivity index (χ1) is 3.71. The SMILES string of the molecule is CC1(C)CONC=N1. The third-order valence-electron chi connectivity index (χ3n) is 0.975. The highest BCUT2D eigenvalue weighted by Gasteiger charge is 2.17. The summed E-state index contributed by atoms with van der Waals surface area (Å²) in [6.07, 6.45) is 1.57. The Hall–Kier alpha value is -0.570. The molecule has 3 nitrogen and oxygen atoms in total. The quantitative estimate of drug-likeness (QED) is 0.492. The number of nitrogens with one attached hydrogen (secondary N) is 1. The normalized spacial score (nSPS) is 24.8. The van der Waals surface area contributed by atoms with E-state index >= 15 is 0 Å². The Bertz CT molecular complexity index is 109. The monoisotopic (exact) mass is 114 g/mol. The number of hydrogen-bond donors (Lipinski definition) is 1. The van der Waals surface area contributed by atoms with Gasteiger partial charge in [0.25, 0.3) is 0 Å². The van der Waals surface area contributed by atoms with Crippen molar-refractivity contribution in [2.45, 2.75) is 19.4 Å². The molecule has 1 aliphatic rings. The molecular weight excluding hydrogens is 104 g/mol. The minimum absolute atomic E-state index is 0.0365. The van der Waals surface area contributed by atoms with Crippen LogP contribution in [0.2, 0.25) is 0 Å². The van der Waals surface area contributed by atoms with Crippen LogP contribution < -0.4 is 5.48 Å². The van der Waals surface area contributed by atoms with Crippen LogP contribution in [0.15, 0.2) is 4.99 Å². The van der Waals surface area contributed by atoms with Crippen LogP contribution in [0.4, 0.5) is 0 Å². The summed E-state index contributed by atoms with van der Waals surface area (Å²) in [6, 6.07) is 0. The predicted molar refractivity (Wildman–Crippen MR) is 31.7 cm³/mol. The van der Waals surface area contributed by atoms with E-state index in [1.54, 1.807) is 6.34 Å². The van der Waals surface area contributed by atoms with Crippen molar-refractivity contribution in [3.8, 4) is 0 Å². The Labute approximate surface area is 48.7 Å². The van der Waals surface area contributed by atoms with Crippen LogP contribution in [0, 0.1) is 0 Å². The number of aliphatic imine (C=N–C) groups is 1. The van der Waals surface area contributed by atoms with Crippen LogP contribution in [0.5, 0.6) is 0 Å². The highest BCUT2D eigenvalue weighted by molar-refractivity contribution is 5.54. The maximum absolute atomic E-state index is 4.89. The lowest BCUT2D eigenvalue weighted by atomic mass is 10.1. The molecule has 0 spiro atoms. The zero-order valence-corrected chi connectivity index (χ0v) is 5.14. The van der Waals surface area contributed by atoms with E-state index in [0.717, 1.165) is 0 Å². The lowest BCUT2D eigenvalue weighted by molar-refractivity contribution is 0.0442. The van der Waals surface area contributed by atoms with Gasteiger partial charge >= 0.3 is 0 Å². The third-order valence-corrected chi connectivity index (χ3v) is 0.975. The third kappa shape index (κ3) is 1.20. The molecule has 1 N–H and O–H groups in total. The van der Waals surface area contributed by atoms with Crippen molar-refractivity contribution in [3.63, 3.8) is 0 Å². The smallest absolute Gasteiger partial charge is 0.108 e. The van der Waals surface area contributed by atoms with Gasteiger partial charge in [-0.25, -0.2) is 0 Å². The van der Waals surface area contributed by atoms with Crippen molar-refractivity contribution in [3.05, 3.63) is 0 Å². The van der Waals surface area contributed by atoms with Crippen LogP contribution in [-0.2, 0) is 4.84 Å². The molecule has 0 aromatic rings. The van der Waals surface area contributed by atoms with Crippen LogP contribution in [0.1, 0.15) is 13.8 Å². The Morgan fingerprint density at radius 3 is 2.75 bits per heavy atom. The molecule has 0 aromatic carbocycles. The van der Waals surface area contributed by atoms with E-state index in [1.807, 2.05) is 13.8 Å². The molecule has 0 fully saturated rings. The van der Waals surface area contributed by atoms with Gasteiger partial charge in [0.05, 0.1) is 12.1 Å². The molecule has 0 radical (unpaired) electrons. The van der Waals surface area contributed by atoms with E-state index in [2.05, 4.69) is 10.5 Å². The molecule has 0 amide bonds. The molecule has 1 rings (SSSR count). The first-order valence-corrected chi connectivity index (χ1v) is 2.62. The molecule has 0 aromatic heterocycles. The van der Waals surface area contributed by atoms with Gasteiger partial charge in [0, 0.05) is 0 Å². The van der Waals surface area contributed by atoms with Gasteiger partial charge < -0.3 is 0 Å². The van der Waals surface area contributed by atoms with Crippen molar-refractivity contribution >= 4 is 6.34 Å². The average molecular weight is 114 g/mol. The molecule has 46 valence electrons. The molecule has 8 heavy (non-hydrogen) atoms. The molecule has 0 atom stereocenters. The zero-order valence-electron chi connectivity index (χ0n) is 5.14. The van der Waals surface area contributed by atoms with E-state index < -0.39 is 0 Å². The second-order valence-corrected chi connectivity index (χ2v) is 2.48. The molecular formula is C5H10N2O. The van der Waals surface area contributed by atoms with Crippen LogP contribution in [-0.4, -0.2) is 18.5 Å². The molecule has 0 bridgehead atoms. The Morgan fingerprint density at radius 1 is 1.75 bits per heavy atom. The second-order valence-electron chi connectivity index (χ2n) is 2.48. The number of hydrogen-bond acceptors (Lipinski definition) is 3. The summed E-state index contributed by atoms with van der Waals surface area (Å²) in [6.45, 7) is 4.68. The average Bonchev–Trinajstić information content (AvgIpc) is 1.65. The van der Waals surface area contributed by atoms with Crippen molar-refractivity contribution in [2.24, 2.45) is 4.99 Å². The van der Waals surface area contributed by atoms with E-state index in [9.17, 15) is 0 Å². The van der Waals surface area contributed by atoms with Crippen molar-refractivity contribution < 1.29 is 4.84 Å². The molecule has 3 heteroatoms. The zero-order chi connectivity index (χ0) is 6.04. The van der Waals surface area contributed by atoms with Crippen LogP contribution in [0.25, 0.3) is 0 Å². The number of rotatable bonds is 0. The first-order valence-electron chi connectivity index (χ1n) is 2.62. The topological polar surface area (TPSA) is 33.6 Å². The van der Waals surface area contributed by atoms with Crippen molar-refractivity contribution in [2.75, 3.05) is 6.61 Å². The number of hydroxylamine groups is 1. The Morgan fingerprint density at radius 2 is 2.50 bits per heavy atom. The van der Waals surface area contributed by atoms with Gasteiger partial charge in [-0.05, 0) is 13.8 Å². The van der Waals surface area contributed by atoms with Crippen LogP contribution >= 0.6 is 0 Å². The fraction of sp³-hybridized carbons (Fsp3) is 0.800. The summed E-state index contributed by atoms with van der Waals surface area (Å²) in [4.78, 5) is 8.99. The fourth-order valence-electron chi connectivity index (χ4n) is 0.494. The second kappa shape index (κ2) is 1.74. The predicted octanol–water partition coefficient (Wildman–Crippen LogP) is 0.328. The molecule has 0 saturated carbocycles. The summed E-state index contributed by atoms with van der Waals surface area (Å²) in [5.74, 6) is 0. The fourth-order valence-corrected chi connectivity index (χ4v) is 0.494. The van der Waals surface area contributed by atoms with Gasteiger partial charge in [-0.1, -0.05) is 0 Å². The maximum Gasteiger partial charge on any atom is 0.108 e. The van der Waals surface area contributed by atoms with Crippen molar-refractivity contribution in [1.82, 2.24) is 5.48 Å². The Kier molecular flexibility index (Phi) is 1.21. The van der Waals surface area contributed by atoms with Gasteiger partial charge in [-0.2, -0.15) is 0 Å². The Balaban J connectivity index is 2.56. The summed E-state index contributed by atoms with van der Waals surface area (Å²) < 4.78 is 0. The largest absolute Gasteiger partial charge is 0.273 e. The van der Waals surface area contributed by atoms with Gasteiger partial charge in [0.2, 0.25) is 0 Å². The van der Waals surface area contributed by atoms with Gasteiger partial charge in [-0.3, -0.25) is 15.3 Å². The van der Waals surface area contributed by atoms with E-state index in [-0.39, 0.29) is 5.54 Å². The van der Waals surface area contributed by atoms with Crippen LogP contribution in [0.3, 0.4) is 0 Å². The molecule has 0 aliphatic carbocycles. The van der Waals surface area contributed by atoms with Crippen molar-refractivity contribution in [1.29, 1.82) is 0 Å².